The number of nitrogens with two attached hydrogens (primary N) is 1. The van der Waals surface area contributed by atoms with E-state index in [1.165, 1.54) is 0 Å². The van der Waals surface area contributed by atoms with E-state index in [0.29, 0.717) is 27.7 Å². The number of fused-ring (bicyclic) bond motifs is 1. The van der Waals surface area contributed by atoms with Crippen LogP contribution in [0.15, 0.2) is 47.2 Å². The number of benzene rings is 1. The third-order valence-electron chi connectivity index (χ3n) is 2.71. The molecule has 0 saturated heterocycles. The first-order valence-electron chi connectivity index (χ1n) is 5.76. The van der Waals surface area contributed by atoms with Gasteiger partial charge in [-0.1, -0.05) is 11.6 Å². The molecule has 0 aliphatic heterocycles. The highest BCUT2D eigenvalue weighted by molar-refractivity contribution is 9.10. The largest absolute Gasteiger partial charge is 0.455 e. The fourth-order valence-electron chi connectivity index (χ4n) is 1.76. The molecule has 2 N–H and O–H groups in total. The molecular weight excluding hydrogens is 342 g/mol. The first kappa shape index (κ1) is 13.1. The molecule has 0 atom stereocenters. The second-order valence-electron chi connectivity index (χ2n) is 4.12. The molecule has 1 aromatic carbocycles. The molecule has 6 heteroatoms. The highest BCUT2D eigenvalue weighted by Gasteiger charge is 2.07. The maximum absolute atomic E-state index is 5.98. The second-order valence-corrected chi connectivity index (χ2v) is 5.44. The molecule has 100 valence electrons. The van der Waals surface area contributed by atoms with Crippen molar-refractivity contribution in [2.75, 3.05) is 5.73 Å². The molecule has 0 amide bonds. The van der Waals surface area contributed by atoms with Gasteiger partial charge in [-0.15, -0.1) is 0 Å². The van der Waals surface area contributed by atoms with Gasteiger partial charge in [0, 0.05) is 29.0 Å². The van der Waals surface area contributed by atoms with Gasteiger partial charge in [0.15, 0.2) is 5.75 Å². The van der Waals surface area contributed by atoms with Crippen LogP contribution in [0, 0.1) is 0 Å². The lowest BCUT2D eigenvalue weighted by atomic mass is 10.3. The summed E-state index contributed by atoms with van der Waals surface area (Å²) in [5.41, 5.74) is 7.62. The molecule has 0 spiro atoms. The number of rotatable bonds is 2. The van der Waals surface area contributed by atoms with Gasteiger partial charge in [0.05, 0.1) is 16.2 Å². The normalized spacial score (nSPS) is 10.7. The van der Waals surface area contributed by atoms with Crippen molar-refractivity contribution in [3.8, 4) is 11.5 Å². The van der Waals surface area contributed by atoms with Crippen LogP contribution in [0.4, 0.5) is 5.69 Å². The Morgan fingerprint density at radius 3 is 2.80 bits per heavy atom. The van der Waals surface area contributed by atoms with Gasteiger partial charge in [0.2, 0.25) is 0 Å². The molecule has 3 aromatic rings. The van der Waals surface area contributed by atoms with Crippen LogP contribution in [-0.2, 0) is 0 Å². The summed E-state index contributed by atoms with van der Waals surface area (Å²) in [6.07, 6.45) is 3.37. The third kappa shape index (κ3) is 2.55. The summed E-state index contributed by atoms with van der Waals surface area (Å²) in [7, 11) is 0. The van der Waals surface area contributed by atoms with Crippen LogP contribution in [0.2, 0.25) is 5.02 Å². The number of ether oxygens (including phenoxy) is 1. The van der Waals surface area contributed by atoms with E-state index >= 15 is 0 Å². The van der Waals surface area contributed by atoms with Gasteiger partial charge in [-0.25, -0.2) is 4.98 Å². The van der Waals surface area contributed by atoms with Gasteiger partial charge in [-0.2, -0.15) is 0 Å². The Morgan fingerprint density at radius 1 is 1.15 bits per heavy atom. The lowest BCUT2D eigenvalue weighted by Crippen LogP contribution is -1.91. The number of nitrogen functional groups attached to an aromatic ring is 1. The number of halogens is 2. The van der Waals surface area contributed by atoms with Crippen LogP contribution in [0.5, 0.6) is 11.5 Å². The Morgan fingerprint density at radius 2 is 2.00 bits per heavy atom. The average molecular weight is 351 g/mol. The van der Waals surface area contributed by atoms with Crippen molar-refractivity contribution in [3.63, 3.8) is 0 Å². The Labute approximate surface area is 128 Å². The van der Waals surface area contributed by atoms with Gasteiger partial charge in [0.25, 0.3) is 0 Å². The van der Waals surface area contributed by atoms with E-state index in [-0.39, 0.29) is 0 Å². The fraction of sp³-hybridized carbons (Fsp3) is 0. The molecule has 0 aliphatic carbocycles. The average Bonchev–Trinajstić information content (AvgIpc) is 2.43. The molecule has 0 radical (unpaired) electrons. The number of nitrogens with zero attached hydrogens (tertiary/aromatic N) is 2. The summed E-state index contributed by atoms with van der Waals surface area (Å²) < 4.78 is 6.68. The Hall–Kier alpha value is -1.85. The van der Waals surface area contributed by atoms with Crippen molar-refractivity contribution >= 4 is 44.3 Å². The van der Waals surface area contributed by atoms with E-state index in [9.17, 15) is 0 Å². The summed E-state index contributed by atoms with van der Waals surface area (Å²) in [5, 5.41) is 0.455. The van der Waals surface area contributed by atoms with Crippen LogP contribution in [0.1, 0.15) is 0 Å². The zero-order chi connectivity index (χ0) is 14.1. The first-order valence-corrected chi connectivity index (χ1v) is 6.94. The number of hydrogen-bond acceptors (Lipinski definition) is 4. The zero-order valence-electron chi connectivity index (χ0n) is 10.2. The van der Waals surface area contributed by atoms with Crippen molar-refractivity contribution in [1.29, 1.82) is 0 Å². The SMILES string of the molecule is Nc1ccc(Oc2ccnc3cc(Br)cnc23)cc1Cl. The van der Waals surface area contributed by atoms with E-state index < -0.39 is 0 Å². The molecule has 0 saturated carbocycles. The summed E-state index contributed by atoms with van der Waals surface area (Å²) in [5.74, 6) is 1.21. The van der Waals surface area contributed by atoms with Crippen molar-refractivity contribution in [1.82, 2.24) is 9.97 Å². The van der Waals surface area contributed by atoms with Crippen molar-refractivity contribution in [2.45, 2.75) is 0 Å². The van der Waals surface area contributed by atoms with E-state index in [1.807, 2.05) is 6.07 Å². The fourth-order valence-corrected chi connectivity index (χ4v) is 2.25. The van der Waals surface area contributed by atoms with Gasteiger partial charge in [-0.05, 0) is 34.1 Å². The van der Waals surface area contributed by atoms with Crippen LogP contribution >= 0.6 is 27.5 Å². The quantitative estimate of drug-likeness (QED) is 0.695. The van der Waals surface area contributed by atoms with Gasteiger partial charge in [0.1, 0.15) is 11.3 Å². The molecular formula is C14H9BrClN3O. The smallest absolute Gasteiger partial charge is 0.156 e. The minimum atomic E-state index is 0.455. The Kier molecular flexibility index (Phi) is 3.46. The minimum absolute atomic E-state index is 0.455. The predicted octanol–water partition coefficient (Wildman–Crippen LogP) is 4.42. The molecule has 0 bridgehead atoms. The third-order valence-corrected chi connectivity index (χ3v) is 3.47. The molecule has 0 unspecified atom stereocenters. The molecule has 3 rings (SSSR count). The summed E-state index contributed by atoms with van der Waals surface area (Å²) in [6.45, 7) is 0. The number of aromatic nitrogens is 2. The van der Waals surface area contributed by atoms with Gasteiger partial charge < -0.3 is 10.5 Å². The summed E-state index contributed by atoms with van der Waals surface area (Å²) in [4.78, 5) is 8.58. The predicted molar refractivity (Wildman–Crippen MR) is 83.2 cm³/mol. The number of hydrogen-bond donors (Lipinski definition) is 1. The Bertz CT molecular complexity index is 794. The summed E-state index contributed by atoms with van der Waals surface area (Å²) in [6, 6.07) is 8.76. The molecule has 0 fully saturated rings. The van der Waals surface area contributed by atoms with Crippen LogP contribution in [0.3, 0.4) is 0 Å². The summed E-state index contributed by atoms with van der Waals surface area (Å²) >= 11 is 9.35. The Balaban J connectivity index is 2.04. The van der Waals surface area contributed by atoms with E-state index in [0.717, 1.165) is 9.99 Å². The lowest BCUT2D eigenvalue weighted by Gasteiger charge is -2.09. The number of pyridine rings is 2. The number of anilines is 1. The van der Waals surface area contributed by atoms with Crippen molar-refractivity contribution in [2.24, 2.45) is 0 Å². The highest BCUT2D eigenvalue weighted by atomic mass is 79.9. The maximum atomic E-state index is 5.98. The molecule has 4 nitrogen and oxygen atoms in total. The highest BCUT2D eigenvalue weighted by Crippen LogP contribution is 2.31. The van der Waals surface area contributed by atoms with E-state index in [2.05, 4.69) is 25.9 Å². The van der Waals surface area contributed by atoms with Crippen LogP contribution in [0.25, 0.3) is 11.0 Å². The zero-order valence-corrected chi connectivity index (χ0v) is 12.5. The first-order chi connectivity index (χ1) is 9.63. The van der Waals surface area contributed by atoms with E-state index in [1.54, 1.807) is 36.7 Å². The second kappa shape index (κ2) is 5.26. The topological polar surface area (TPSA) is 61.0 Å². The molecule has 20 heavy (non-hydrogen) atoms. The maximum Gasteiger partial charge on any atom is 0.156 e. The lowest BCUT2D eigenvalue weighted by molar-refractivity contribution is 0.487. The standard InChI is InChI=1S/C14H9BrClN3O/c15-8-5-12-14(19-7-8)13(3-4-18-12)20-9-1-2-11(17)10(16)6-9/h1-7H,17H2. The van der Waals surface area contributed by atoms with Crippen LogP contribution in [-0.4, -0.2) is 9.97 Å². The molecule has 0 aliphatic rings. The van der Waals surface area contributed by atoms with Crippen LogP contribution < -0.4 is 10.5 Å². The van der Waals surface area contributed by atoms with Gasteiger partial charge in [-0.3, -0.25) is 4.98 Å². The molecule has 2 heterocycles. The molecule has 2 aromatic heterocycles. The van der Waals surface area contributed by atoms with Crippen molar-refractivity contribution < 1.29 is 4.74 Å². The van der Waals surface area contributed by atoms with E-state index in [4.69, 9.17) is 22.1 Å². The monoisotopic (exact) mass is 349 g/mol. The van der Waals surface area contributed by atoms with Gasteiger partial charge >= 0.3 is 0 Å². The minimum Gasteiger partial charge on any atom is -0.455 e. The van der Waals surface area contributed by atoms with Crippen molar-refractivity contribution in [3.05, 3.63) is 52.2 Å².